The predicted molar refractivity (Wildman–Crippen MR) is 51.7 cm³/mol. The van der Waals surface area contributed by atoms with Crippen molar-refractivity contribution in [1.29, 1.82) is 0 Å². The number of aliphatic hydroxyl groups is 1. The molecule has 0 bridgehead atoms. The maximum atomic E-state index is 12.7. The van der Waals surface area contributed by atoms with E-state index in [1.807, 2.05) is 0 Å². The van der Waals surface area contributed by atoms with E-state index in [0.29, 0.717) is 11.3 Å². The van der Waals surface area contributed by atoms with Gasteiger partial charge in [-0.1, -0.05) is 0 Å². The summed E-state index contributed by atoms with van der Waals surface area (Å²) >= 11 is 5.28. The van der Waals surface area contributed by atoms with Gasteiger partial charge in [-0.05, 0) is 18.2 Å². The minimum atomic E-state index is -0.460. The average Bonchev–Trinajstić information content (AvgIpc) is 2.20. The first-order valence-corrected chi connectivity index (χ1v) is 4.46. The average molecular weight is 218 g/mol. The summed E-state index contributed by atoms with van der Waals surface area (Å²) in [6.45, 7) is -0.338. The Bertz CT molecular complexity index is 344. The van der Waals surface area contributed by atoms with Gasteiger partial charge in [-0.3, -0.25) is 4.79 Å². The molecule has 1 aromatic carbocycles. The Morgan fingerprint density at radius 3 is 2.86 bits per heavy atom. The molecule has 5 heteroatoms. The molecule has 3 nitrogen and oxygen atoms in total. The number of carbonyl (C=O) groups excluding carboxylic acids is 1. The van der Waals surface area contributed by atoms with Crippen LogP contribution in [0.2, 0.25) is 0 Å². The summed E-state index contributed by atoms with van der Waals surface area (Å²) in [5.74, 6) is -1.03. The summed E-state index contributed by atoms with van der Waals surface area (Å²) < 4.78 is 12.7. The zero-order valence-electron chi connectivity index (χ0n) is 7.26. The van der Waals surface area contributed by atoms with Crippen molar-refractivity contribution in [1.82, 2.24) is 0 Å². The summed E-state index contributed by atoms with van der Waals surface area (Å²) in [5.41, 5.74) is 0.697. The van der Waals surface area contributed by atoms with Crippen molar-refractivity contribution in [3.05, 3.63) is 29.6 Å². The van der Waals surface area contributed by atoms with Crippen molar-refractivity contribution in [2.45, 2.75) is 6.61 Å². The second kappa shape index (κ2) is 4.93. The molecule has 14 heavy (non-hydrogen) atoms. The van der Waals surface area contributed by atoms with Crippen LogP contribution in [0.25, 0.3) is 0 Å². The molecular weight excluding hydrogens is 209 g/mol. The van der Waals surface area contributed by atoms with Gasteiger partial charge in [0, 0.05) is 11.3 Å². The van der Waals surface area contributed by atoms with E-state index in [-0.39, 0.29) is 12.5 Å². The highest BCUT2D eigenvalue weighted by molar-refractivity contribution is 6.29. The van der Waals surface area contributed by atoms with E-state index in [4.69, 9.17) is 16.7 Å². The molecular formula is C9H9ClFNO2. The van der Waals surface area contributed by atoms with Gasteiger partial charge in [-0.2, -0.15) is 0 Å². The molecule has 0 spiro atoms. The monoisotopic (exact) mass is 217 g/mol. The topological polar surface area (TPSA) is 49.3 Å². The van der Waals surface area contributed by atoms with Crippen LogP contribution in [0, 0.1) is 5.82 Å². The predicted octanol–water partition coefficient (Wildman–Crippen LogP) is 1.50. The van der Waals surface area contributed by atoms with E-state index < -0.39 is 11.7 Å². The third-order valence-corrected chi connectivity index (χ3v) is 1.88. The van der Waals surface area contributed by atoms with E-state index in [2.05, 4.69) is 5.32 Å². The fourth-order valence-corrected chi connectivity index (χ4v) is 1.07. The van der Waals surface area contributed by atoms with Gasteiger partial charge >= 0.3 is 0 Å². The molecule has 0 radical (unpaired) electrons. The number of amides is 1. The van der Waals surface area contributed by atoms with Crippen LogP contribution < -0.4 is 5.32 Å². The van der Waals surface area contributed by atoms with Gasteiger partial charge in [0.25, 0.3) is 0 Å². The number of halogens is 2. The number of anilines is 1. The molecule has 0 saturated heterocycles. The second-order valence-electron chi connectivity index (χ2n) is 2.64. The maximum absolute atomic E-state index is 12.7. The van der Waals surface area contributed by atoms with Crippen LogP contribution in [0.4, 0.5) is 10.1 Å². The maximum Gasteiger partial charge on any atom is 0.239 e. The minimum Gasteiger partial charge on any atom is -0.392 e. The summed E-state index contributed by atoms with van der Waals surface area (Å²) in [6, 6.07) is 3.73. The lowest BCUT2D eigenvalue weighted by Crippen LogP contribution is -2.14. The van der Waals surface area contributed by atoms with E-state index in [1.165, 1.54) is 12.1 Å². The lowest BCUT2D eigenvalue weighted by atomic mass is 10.2. The summed E-state index contributed by atoms with van der Waals surface area (Å²) in [5, 5.41) is 11.3. The second-order valence-corrected chi connectivity index (χ2v) is 2.91. The molecule has 0 atom stereocenters. The van der Waals surface area contributed by atoms with E-state index in [1.54, 1.807) is 0 Å². The quantitative estimate of drug-likeness (QED) is 0.754. The van der Waals surface area contributed by atoms with Crippen LogP contribution in [-0.4, -0.2) is 16.9 Å². The molecule has 0 aliphatic carbocycles. The SMILES string of the molecule is O=C(CCl)Nc1ccc(F)cc1CO. The Morgan fingerprint density at radius 1 is 1.57 bits per heavy atom. The van der Waals surface area contributed by atoms with E-state index in [0.717, 1.165) is 6.07 Å². The normalized spacial score (nSPS) is 9.93. The Kier molecular flexibility index (Phi) is 3.85. The Balaban J connectivity index is 2.90. The van der Waals surface area contributed by atoms with Crippen molar-refractivity contribution in [3.63, 3.8) is 0 Å². The number of aliphatic hydroxyl groups excluding tert-OH is 1. The van der Waals surface area contributed by atoms with Crippen molar-refractivity contribution in [2.75, 3.05) is 11.2 Å². The number of rotatable bonds is 3. The zero-order valence-corrected chi connectivity index (χ0v) is 8.01. The minimum absolute atomic E-state index is 0.178. The highest BCUT2D eigenvalue weighted by Crippen LogP contribution is 2.16. The number of alkyl halides is 1. The van der Waals surface area contributed by atoms with Crippen LogP contribution in [0.1, 0.15) is 5.56 Å². The lowest BCUT2D eigenvalue weighted by Gasteiger charge is -2.07. The van der Waals surface area contributed by atoms with Gasteiger partial charge in [0.15, 0.2) is 0 Å². The van der Waals surface area contributed by atoms with E-state index >= 15 is 0 Å². The van der Waals surface area contributed by atoms with Crippen molar-refractivity contribution < 1.29 is 14.3 Å². The fraction of sp³-hybridized carbons (Fsp3) is 0.222. The molecule has 0 aromatic heterocycles. The Morgan fingerprint density at radius 2 is 2.29 bits per heavy atom. The number of carbonyl (C=O) groups is 1. The van der Waals surface area contributed by atoms with Crippen molar-refractivity contribution in [3.8, 4) is 0 Å². The third kappa shape index (κ3) is 2.68. The van der Waals surface area contributed by atoms with Crippen LogP contribution in [-0.2, 0) is 11.4 Å². The summed E-state index contributed by atoms with van der Waals surface area (Å²) in [6.07, 6.45) is 0. The number of hydrogen-bond donors (Lipinski definition) is 2. The Labute approximate surface area is 85.5 Å². The standard InChI is InChI=1S/C9H9ClFNO2/c10-4-9(14)12-8-2-1-7(11)3-6(8)5-13/h1-3,13H,4-5H2,(H,12,14). The number of nitrogens with one attached hydrogen (secondary N) is 1. The molecule has 1 rings (SSSR count). The van der Waals surface area contributed by atoms with Gasteiger partial charge in [0.2, 0.25) is 5.91 Å². The van der Waals surface area contributed by atoms with Crippen LogP contribution in [0.5, 0.6) is 0 Å². The fourth-order valence-electron chi connectivity index (χ4n) is 0.999. The molecule has 0 heterocycles. The van der Waals surface area contributed by atoms with Gasteiger partial charge < -0.3 is 10.4 Å². The molecule has 0 fully saturated rings. The van der Waals surface area contributed by atoms with Gasteiger partial charge in [0.05, 0.1) is 6.61 Å². The van der Waals surface area contributed by atoms with Gasteiger partial charge in [-0.25, -0.2) is 4.39 Å². The summed E-state index contributed by atoms with van der Waals surface area (Å²) in [4.78, 5) is 10.9. The smallest absolute Gasteiger partial charge is 0.239 e. The third-order valence-electron chi connectivity index (χ3n) is 1.63. The van der Waals surface area contributed by atoms with Crippen molar-refractivity contribution in [2.24, 2.45) is 0 Å². The number of benzene rings is 1. The van der Waals surface area contributed by atoms with Crippen molar-refractivity contribution >= 4 is 23.2 Å². The molecule has 1 amide bonds. The zero-order chi connectivity index (χ0) is 10.6. The molecule has 0 aliphatic rings. The summed E-state index contributed by atoms with van der Waals surface area (Å²) in [7, 11) is 0. The van der Waals surface area contributed by atoms with Gasteiger partial charge in [0.1, 0.15) is 11.7 Å². The largest absolute Gasteiger partial charge is 0.392 e. The molecule has 0 unspecified atom stereocenters. The molecule has 1 aromatic rings. The highest BCUT2D eigenvalue weighted by atomic mass is 35.5. The Hall–Kier alpha value is -1.13. The first kappa shape index (κ1) is 10.9. The van der Waals surface area contributed by atoms with E-state index in [9.17, 15) is 9.18 Å². The van der Waals surface area contributed by atoms with Gasteiger partial charge in [-0.15, -0.1) is 11.6 Å². The molecule has 2 N–H and O–H groups in total. The van der Waals surface area contributed by atoms with Crippen LogP contribution in [0.15, 0.2) is 18.2 Å². The first-order valence-electron chi connectivity index (χ1n) is 3.92. The number of hydrogen-bond acceptors (Lipinski definition) is 2. The molecule has 0 saturated carbocycles. The highest BCUT2D eigenvalue weighted by Gasteiger charge is 2.06. The van der Waals surface area contributed by atoms with Crippen LogP contribution in [0.3, 0.4) is 0 Å². The molecule has 0 aliphatic heterocycles. The van der Waals surface area contributed by atoms with Crippen LogP contribution >= 0.6 is 11.6 Å². The molecule has 76 valence electrons. The lowest BCUT2D eigenvalue weighted by molar-refractivity contribution is -0.113. The first-order chi connectivity index (χ1) is 6.67.